The second kappa shape index (κ2) is 5.73. The molecular weight excluding hydrogens is 298 g/mol. The molecule has 0 bridgehead atoms. The lowest BCUT2D eigenvalue weighted by molar-refractivity contribution is 0.415. The van der Waals surface area contributed by atoms with Gasteiger partial charge in [-0.3, -0.25) is 4.72 Å². The Morgan fingerprint density at radius 2 is 1.75 bits per heavy atom. The molecule has 2 aromatic rings. The van der Waals surface area contributed by atoms with E-state index in [1.54, 1.807) is 44.4 Å². The van der Waals surface area contributed by atoms with Crippen LogP contribution in [0.15, 0.2) is 47.4 Å². The van der Waals surface area contributed by atoms with Crippen molar-refractivity contribution in [1.29, 1.82) is 0 Å². The van der Waals surface area contributed by atoms with Gasteiger partial charge in [-0.05, 0) is 55.0 Å². The van der Waals surface area contributed by atoms with Crippen LogP contribution >= 0.6 is 11.6 Å². The average Bonchev–Trinajstić information content (AvgIpc) is 2.42. The quantitative estimate of drug-likeness (QED) is 0.940. The fourth-order valence-electron chi connectivity index (χ4n) is 1.66. The number of nitrogens with one attached hydrogen (secondary N) is 1. The van der Waals surface area contributed by atoms with Crippen LogP contribution in [0.2, 0.25) is 5.02 Å². The van der Waals surface area contributed by atoms with Crippen molar-refractivity contribution in [1.82, 2.24) is 0 Å². The topological polar surface area (TPSA) is 55.4 Å². The summed E-state index contributed by atoms with van der Waals surface area (Å²) >= 11 is 5.90. The van der Waals surface area contributed by atoms with Crippen LogP contribution < -0.4 is 9.46 Å². The van der Waals surface area contributed by atoms with Crippen LogP contribution in [0.1, 0.15) is 5.56 Å². The van der Waals surface area contributed by atoms with Crippen LogP contribution in [0.5, 0.6) is 5.75 Å². The largest absolute Gasteiger partial charge is 0.497 e. The Morgan fingerprint density at radius 1 is 1.10 bits per heavy atom. The first kappa shape index (κ1) is 14.7. The fourth-order valence-corrected chi connectivity index (χ4v) is 2.92. The summed E-state index contributed by atoms with van der Waals surface area (Å²) < 4.78 is 32.0. The number of benzene rings is 2. The lowest BCUT2D eigenvalue weighted by Gasteiger charge is -2.09. The molecule has 0 fully saturated rings. The van der Waals surface area contributed by atoms with Crippen LogP contribution in [-0.2, 0) is 10.0 Å². The highest BCUT2D eigenvalue weighted by molar-refractivity contribution is 7.92. The molecule has 0 unspecified atom stereocenters. The van der Waals surface area contributed by atoms with Gasteiger partial charge in [-0.15, -0.1) is 0 Å². The van der Waals surface area contributed by atoms with Gasteiger partial charge in [-0.25, -0.2) is 8.42 Å². The van der Waals surface area contributed by atoms with E-state index in [0.717, 1.165) is 0 Å². The number of halogens is 1. The second-order valence-electron chi connectivity index (χ2n) is 4.24. The van der Waals surface area contributed by atoms with E-state index in [0.29, 0.717) is 22.0 Å². The van der Waals surface area contributed by atoms with Crippen molar-refractivity contribution in [3.63, 3.8) is 0 Å². The monoisotopic (exact) mass is 311 g/mol. The van der Waals surface area contributed by atoms with E-state index in [9.17, 15) is 8.42 Å². The Labute approximate surface area is 123 Å². The highest BCUT2D eigenvalue weighted by atomic mass is 35.5. The van der Waals surface area contributed by atoms with Gasteiger partial charge in [0.15, 0.2) is 0 Å². The van der Waals surface area contributed by atoms with Crippen molar-refractivity contribution in [3.8, 4) is 5.75 Å². The molecule has 0 amide bonds. The number of aryl methyl sites for hydroxylation is 1. The van der Waals surface area contributed by atoms with E-state index in [1.165, 1.54) is 12.1 Å². The van der Waals surface area contributed by atoms with Crippen molar-refractivity contribution in [2.24, 2.45) is 0 Å². The summed E-state index contributed by atoms with van der Waals surface area (Å²) in [5.41, 5.74) is 1.18. The summed E-state index contributed by atoms with van der Waals surface area (Å²) in [5, 5.41) is 0.536. The summed E-state index contributed by atoms with van der Waals surface area (Å²) in [7, 11) is -2.07. The van der Waals surface area contributed by atoms with Gasteiger partial charge in [0.25, 0.3) is 10.0 Å². The second-order valence-corrected chi connectivity index (χ2v) is 6.33. The number of anilines is 1. The molecule has 0 aliphatic rings. The molecule has 0 spiro atoms. The number of hydrogen-bond acceptors (Lipinski definition) is 3. The predicted octanol–water partition coefficient (Wildman–Crippen LogP) is 3.46. The molecule has 4 nitrogen and oxygen atoms in total. The molecule has 106 valence electrons. The van der Waals surface area contributed by atoms with Crippen LogP contribution in [0.4, 0.5) is 5.69 Å². The van der Waals surface area contributed by atoms with E-state index in [-0.39, 0.29) is 4.90 Å². The van der Waals surface area contributed by atoms with Gasteiger partial charge in [-0.2, -0.15) is 0 Å². The average molecular weight is 312 g/mol. The molecule has 0 heterocycles. The van der Waals surface area contributed by atoms with Crippen molar-refractivity contribution in [2.45, 2.75) is 11.8 Å². The van der Waals surface area contributed by atoms with E-state index in [2.05, 4.69) is 4.72 Å². The maximum atomic E-state index is 12.2. The van der Waals surface area contributed by atoms with E-state index < -0.39 is 10.0 Å². The molecule has 0 radical (unpaired) electrons. The Hall–Kier alpha value is -1.72. The third-order valence-corrected chi connectivity index (χ3v) is 4.58. The summed E-state index contributed by atoms with van der Waals surface area (Å²) in [4.78, 5) is 0.176. The van der Waals surface area contributed by atoms with E-state index >= 15 is 0 Å². The maximum Gasteiger partial charge on any atom is 0.261 e. The molecular formula is C14H14ClNO3S. The molecule has 20 heavy (non-hydrogen) atoms. The van der Waals surface area contributed by atoms with Gasteiger partial charge in [-0.1, -0.05) is 11.6 Å². The summed E-state index contributed by atoms with van der Waals surface area (Å²) in [6.45, 7) is 1.76. The van der Waals surface area contributed by atoms with Gasteiger partial charge >= 0.3 is 0 Å². The van der Waals surface area contributed by atoms with Crippen molar-refractivity contribution in [3.05, 3.63) is 53.1 Å². The molecule has 1 N–H and O–H groups in total. The maximum absolute atomic E-state index is 12.2. The molecule has 0 atom stereocenters. The highest BCUT2D eigenvalue weighted by Gasteiger charge is 2.15. The van der Waals surface area contributed by atoms with Crippen LogP contribution in [0.3, 0.4) is 0 Å². The Morgan fingerprint density at radius 3 is 2.30 bits per heavy atom. The first-order chi connectivity index (χ1) is 9.42. The first-order valence-electron chi connectivity index (χ1n) is 5.85. The normalized spacial score (nSPS) is 11.2. The predicted molar refractivity (Wildman–Crippen MR) is 80.0 cm³/mol. The molecule has 2 aromatic carbocycles. The number of hydrogen-bond donors (Lipinski definition) is 1. The summed E-state index contributed by atoms with van der Waals surface area (Å²) in [5.74, 6) is 0.662. The molecule has 0 saturated carbocycles. The van der Waals surface area contributed by atoms with Crippen molar-refractivity contribution >= 4 is 27.3 Å². The smallest absolute Gasteiger partial charge is 0.261 e. The van der Waals surface area contributed by atoms with Crippen LogP contribution in [-0.4, -0.2) is 15.5 Å². The standard InChI is InChI=1S/C14H14ClNO3S/c1-10-9-13(7-8-14(10)15)20(17,18)16-11-3-5-12(19-2)6-4-11/h3-9,16H,1-2H3. The minimum atomic E-state index is -3.62. The molecule has 0 aromatic heterocycles. The van der Waals surface area contributed by atoms with Gasteiger partial charge < -0.3 is 4.74 Å². The third-order valence-electron chi connectivity index (χ3n) is 2.78. The summed E-state index contributed by atoms with van der Waals surface area (Å²) in [6, 6.07) is 11.2. The van der Waals surface area contributed by atoms with Gasteiger partial charge in [0.2, 0.25) is 0 Å². The summed E-state index contributed by atoms with van der Waals surface area (Å²) in [6.07, 6.45) is 0. The fraction of sp³-hybridized carbons (Fsp3) is 0.143. The molecule has 0 aliphatic heterocycles. The zero-order valence-corrected chi connectivity index (χ0v) is 12.6. The lowest BCUT2D eigenvalue weighted by atomic mass is 10.2. The number of sulfonamides is 1. The van der Waals surface area contributed by atoms with Crippen molar-refractivity contribution in [2.75, 3.05) is 11.8 Å². The van der Waals surface area contributed by atoms with Crippen LogP contribution in [0, 0.1) is 6.92 Å². The lowest BCUT2D eigenvalue weighted by Crippen LogP contribution is -2.13. The zero-order chi connectivity index (χ0) is 14.8. The third kappa shape index (κ3) is 3.23. The highest BCUT2D eigenvalue weighted by Crippen LogP contribution is 2.22. The minimum Gasteiger partial charge on any atom is -0.497 e. The molecule has 2 rings (SSSR count). The van der Waals surface area contributed by atoms with Gasteiger partial charge in [0.1, 0.15) is 5.75 Å². The minimum absolute atomic E-state index is 0.176. The number of rotatable bonds is 4. The SMILES string of the molecule is COc1ccc(NS(=O)(=O)c2ccc(Cl)c(C)c2)cc1. The van der Waals surface area contributed by atoms with Crippen molar-refractivity contribution < 1.29 is 13.2 Å². The number of methoxy groups -OCH3 is 1. The van der Waals surface area contributed by atoms with E-state index in [4.69, 9.17) is 16.3 Å². The zero-order valence-electron chi connectivity index (χ0n) is 11.1. The van der Waals surface area contributed by atoms with Crippen LogP contribution in [0.25, 0.3) is 0 Å². The molecule has 0 aliphatic carbocycles. The number of ether oxygens (including phenoxy) is 1. The van der Waals surface area contributed by atoms with Gasteiger partial charge in [0.05, 0.1) is 12.0 Å². The Kier molecular flexibility index (Phi) is 4.20. The van der Waals surface area contributed by atoms with E-state index in [1.807, 2.05) is 0 Å². The first-order valence-corrected chi connectivity index (χ1v) is 7.71. The van der Waals surface area contributed by atoms with Gasteiger partial charge in [0, 0.05) is 10.7 Å². The molecule has 0 saturated heterocycles. The molecule has 6 heteroatoms. The Balaban J connectivity index is 2.27. The Bertz CT molecular complexity index is 712.